The lowest BCUT2D eigenvalue weighted by molar-refractivity contribution is -0.116. The number of carbonyl (C=O) groups is 3. The van der Waals surface area contributed by atoms with Crippen molar-refractivity contribution in [1.29, 1.82) is 0 Å². The van der Waals surface area contributed by atoms with Crippen molar-refractivity contribution in [2.24, 2.45) is 0 Å². The van der Waals surface area contributed by atoms with Crippen LogP contribution >= 0.6 is 0 Å². The van der Waals surface area contributed by atoms with Crippen LogP contribution in [0.5, 0.6) is 0 Å². The minimum atomic E-state index is -0.410. The lowest BCUT2D eigenvalue weighted by Gasteiger charge is -2.12. The summed E-state index contributed by atoms with van der Waals surface area (Å²) in [6.07, 6.45) is 5.16. The summed E-state index contributed by atoms with van der Waals surface area (Å²) >= 11 is 0. The number of imidazole rings is 1. The SMILES string of the molecule is O=C(CCCN1C(=O)c2cccnc2C1=O)Nc1ncc[nH]1. The first-order chi connectivity index (χ1) is 10.7. The number of pyridine rings is 1. The molecule has 8 heteroatoms. The number of hydrogen-bond donors (Lipinski definition) is 2. The van der Waals surface area contributed by atoms with E-state index in [0.717, 1.165) is 4.90 Å². The summed E-state index contributed by atoms with van der Waals surface area (Å²) in [4.78, 5) is 47.5. The Morgan fingerprint density at radius 3 is 2.82 bits per heavy atom. The van der Waals surface area contributed by atoms with Crippen LogP contribution in [0, 0.1) is 0 Å². The maximum Gasteiger partial charge on any atom is 0.280 e. The number of aromatic amines is 1. The molecule has 0 fully saturated rings. The van der Waals surface area contributed by atoms with Crippen molar-refractivity contribution >= 4 is 23.7 Å². The highest BCUT2D eigenvalue weighted by Gasteiger charge is 2.36. The average Bonchev–Trinajstić information content (AvgIpc) is 3.10. The van der Waals surface area contributed by atoms with E-state index in [1.807, 2.05) is 0 Å². The molecule has 3 amide bonds. The van der Waals surface area contributed by atoms with Gasteiger partial charge in [0.25, 0.3) is 11.8 Å². The standard InChI is InChI=1S/C14H13N5O3/c20-10(18-14-16-6-7-17-14)4-2-8-19-12(21)9-3-1-5-15-11(9)13(19)22/h1,3,5-7H,2,4,8H2,(H2,16,17,18,20). The van der Waals surface area contributed by atoms with Gasteiger partial charge in [0.1, 0.15) is 5.69 Å². The van der Waals surface area contributed by atoms with Crippen LogP contribution in [0.4, 0.5) is 5.95 Å². The number of H-pyrrole nitrogens is 1. The third-order valence-corrected chi connectivity index (χ3v) is 3.27. The Bertz CT molecular complexity index is 691. The van der Waals surface area contributed by atoms with Gasteiger partial charge in [0.05, 0.1) is 5.56 Å². The first-order valence-corrected chi connectivity index (χ1v) is 6.77. The van der Waals surface area contributed by atoms with Gasteiger partial charge in [-0.3, -0.25) is 29.6 Å². The van der Waals surface area contributed by atoms with Gasteiger partial charge < -0.3 is 4.98 Å². The van der Waals surface area contributed by atoms with Crippen molar-refractivity contribution < 1.29 is 14.4 Å². The van der Waals surface area contributed by atoms with Gasteiger partial charge in [0.2, 0.25) is 11.9 Å². The first-order valence-electron chi connectivity index (χ1n) is 6.77. The lowest BCUT2D eigenvalue weighted by Crippen LogP contribution is -2.31. The molecule has 0 bridgehead atoms. The zero-order valence-electron chi connectivity index (χ0n) is 11.6. The number of amides is 3. The number of nitrogens with zero attached hydrogens (tertiary/aromatic N) is 3. The molecule has 2 aromatic rings. The Morgan fingerprint density at radius 1 is 1.23 bits per heavy atom. The number of imide groups is 1. The van der Waals surface area contributed by atoms with Crippen LogP contribution in [0.2, 0.25) is 0 Å². The molecular formula is C14H13N5O3. The number of fused-ring (bicyclic) bond motifs is 1. The van der Waals surface area contributed by atoms with Gasteiger partial charge in [-0.2, -0.15) is 0 Å². The summed E-state index contributed by atoms with van der Waals surface area (Å²) in [5.41, 5.74) is 0.486. The normalized spacial score (nSPS) is 13.4. The predicted octanol–water partition coefficient (Wildman–Crippen LogP) is 0.820. The molecule has 0 spiro atoms. The van der Waals surface area contributed by atoms with Crippen LogP contribution in [0.3, 0.4) is 0 Å². The molecule has 0 aliphatic carbocycles. The van der Waals surface area contributed by atoms with E-state index in [0.29, 0.717) is 17.9 Å². The van der Waals surface area contributed by atoms with E-state index in [2.05, 4.69) is 20.3 Å². The number of nitrogens with one attached hydrogen (secondary N) is 2. The van der Waals surface area contributed by atoms with Gasteiger partial charge >= 0.3 is 0 Å². The lowest BCUT2D eigenvalue weighted by atomic mass is 10.2. The number of anilines is 1. The van der Waals surface area contributed by atoms with Gasteiger partial charge in [0, 0.05) is 31.6 Å². The maximum absolute atomic E-state index is 12.1. The van der Waals surface area contributed by atoms with Crippen LogP contribution < -0.4 is 5.32 Å². The molecule has 8 nitrogen and oxygen atoms in total. The van der Waals surface area contributed by atoms with Crippen LogP contribution in [0.25, 0.3) is 0 Å². The largest absolute Gasteiger partial charge is 0.331 e. The van der Waals surface area contributed by atoms with Crippen molar-refractivity contribution in [2.45, 2.75) is 12.8 Å². The van der Waals surface area contributed by atoms with Crippen molar-refractivity contribution in [3.63, 3.8) is 0 Å². The van der Waals surface area contributed by atoms with Gasteiger partial charge in [-0.1, -0.05) is 0 Å². The van der Waals surface area contributed by atoms with Crippen LogP contribution in [-0.4, -0.2) is 44.1 Å². The van der Waals surface area contributed by atoms with Crippen LogP contribution in [0.15, 0.2) is 30.7 Å². The summed E-state index contributed by atoms with van der Waals surface area (Å²) in [6.45, 7) is 0.180. The second kappa shape index (κ2) is 5.76. The zero-order chi connectivity index (χ0) is 15.5. The van der Waals surface area contributed by atoms with E-state index < -0.39 is 5.91 Å². The molecule has 2 N–H and O–H groups in total. The van der Waals surface area contributed by atoms with Crippen molar-refractivity contribution in [2.75, 3.05) is 11.9 Å². The molecule has 22 heavy (non-hydrogen) atoms. The smallest absolute Gasteiger partial charge is 0.280 e. The van der Waals surface area contributed by atoms with Crippen molar-refractivity contribution in [3.8, 4) is 0 Å². The van der Waals surface area contributed by atoms with Crippen LogP contribution in [-0.2, 0) is 4.79 Å². The average molecular weight is 299 g/mol. The number of hydrogen-bond acceptors (Lipinski definition) is 5. The number of carbonyl (C=O) groups excluding carboxylic acids is 3. The van der Waals surface area contributed by atoms with E-state index in [9.17, 15) is 14.4 Å². The highest BCUT2D eigenvalue weighted by Crippen LogP contribution is 2.20. The fraction of sp³-hybridized carbons (Fsp3) is 0.214. The molecule has 0 unspecified atom stereocenters. The van der Waals surface area contributed by atoms with Gasteiger partial charge in [-0.25, -0.2) is 4.98 Å². The minimum absolute atomic E-state index is 0.174. The van der Waals surface area contributed by atoms with Crippen molar-refractivity contribution in [1.82, 2.24) is 19.9 Å². The Kier molecular flexibility index (Phi) is 3.65. The predicted molar refractivity (Wildman–Crippen MR) is 76.1 cm³/mol. The van der Waals surface area contributed by atoms with Crippen LogP contribution in [0.1, 0.15) is 33.7 Å². The Hall–Kier alpha value is -3.03. The minimum Gasteiger partial charge on any atom is -0.331 e. The number of aromatic nitrogens is 3. The summed E-state index contributed by atoms with van der Waals surface area (Å²) in [6, 6.07) is 3.19. The highest BCUT2D eigenvalue weighted by atomic mass is 16.2. The van der Waals surface area contributed by atoms with Gasteiger partial charge in [0.15, 0.2) is 0 Å². The van der Waals surface area contributed by atoms with E-state index in [1.54, 1.807) is 18.3 Å². The van der Waals surface area contributed by atoms with E-state index >= 15 is 0 Å². The molecule has 3 rings (SSSR count). The Balaban J connectivity index is 1.54. The monoisotopic (exact) mass is 299 g/mol. The molecule has 0 saturated carbocycles. The van der Waals surface area contributed by atoms with Crippen molar-refractivity contribution in [3.05, 3.63) is 42.0 Å². The maximum atomic E-state index is 12.1. The first kappa shape index (κ1) is 13.9. The molecular weight excluding hydrogens is 286 g/mol. The molecule has 1 aliphatic rings. The third-order valence-electron chi connectivity index (χ3n) is 3.27. The quantitative estimate of drug-likeness (QED) is 0.795. The van der Waals surface area contributed by atoms with Gasteiger partial charge in [-0.15, -0.1) is 0 Å². The summed E-state index contributed by atoms with van der Waals surface area (Å²) in [5.74, 6) is -0.633. The molecule has 0 saturated heterocycles. The number of rotatable bonds is 5. The third kappa shape index (κ3) is 2.58. The Labute approximate surface area is 125 Å². The summed E-state index contributed by atoms with van der Waals surface area (Å²) in [5, 5.41) is 2.58. The zero-order valence-corrected chi connectivity index (χ0v) is 11.6. The van der Waals surface area contributed by atoms with Gasteiger partial charge in [-0.05, 0) is 18.6 Å². The molecule has 1 aliphatic heterocycles. The molecule has 0 atom stereocenters. The fourth-order valence-electron chi connectivity index (χ4n) is 2.24. The second-order valence-electron chi connectivity index (χ2n) is 4.75. The molecule has 0 radical (unpaired) electrons. The van der Waals surface area contributed by atoms with E-state index in [1.165, 1.54) is 12.4 Å². The summed E-state index contributed by atoms with van der Waals surface area (Å²) in [7, 11) is 0. The molecule has 3 heterocycles. The topological polar surface area (TPSA) is 108 Å². The summed E-state index contributed by atoms with van der Waals surface area (Å²) < 4.78 is 0. The van der Waals surface area contributed by atoms with E-state index in [4.69, 9.17) is 0 Å². The Morgan fingerprint density at radius 2 is 2.09 bits per heavy atom. The molecule has 112 valence electrons. The highest BCUT2D eigenvalue weighted by molar-refractivity contribution is 6.20. The second-order valence-corrected chi connectivity index (χ2v) is 4.75. The fourth-order valence-corrected chi connectivity index (χ4v) is 2.24. The van der Waals surface area contributed by atoms with E-state index in [-0.39, 0.29) is 30.5 Å². The molecule has 0 aromatic carbocycles. The molecule has 2 aromatic heterocycles.